The zero-order chi connectivity index (χ0) is 18.4. The maximum Gasteiger partial charge on any atom is 0.225 e. The van der Waals surface area contributed by atoms with Gasteiger partial charge >= 0.3 is 0 Å². The van der Waals surface area contributed by atoms with Crippen LogP contribution in [0.15, 0.2) is 53.5 Å². The molecule has 1 aliphatic rings. The molecule has 1 aliphatic heterocycles. The van der Waals surface area contributed by atoms with Gasteiger partial charge in [-0.15, -0.1) is 24.0 Å². The summed E-state index contributed by atoms with van der Waals surface area (Å²) in [6.45, 7) is 3.62. The van der Waals surface area contributed by atoms with Crippen molar-refractivity contribution in [3.63, 3.8) is 0 Å². The molecule has 2 aromatic carbocycles. The first-order valence-corrected chi connectivity index (χ1v) is 9.05. The number of fused-ring (bicyclic) bond motifs is 1. The summed E-state index contributed by atoms with van der Waals surface area (Å²) in [7, 11) is 1.77. The minimum atomic E-state index is 0. The molecule has 0 bridgehead atoms. The second-order valence-corrected chi connectivity index (χ2v) is 6.59. The lowest BCUT2D eigenvalue weighted by atomic mass is 9.90. The number of para-hydroxylation sites is 1. The molecule has 2 aromatic rings. The quantitative estimate of drug-likeness (QED) is 0.351. The molecule has 5 nitrogen and oxygen atoms in total. The Kier molecular flexibility index (Phi) is 8.09. The van der Waals surface area contributed by atoms with Crippen molar-refractivity contribution < 1.29 is 4.79 Å². The molecule has 6 heteroatoms. The van der Waals surface area contributed by atoms with Gasteiger partial charge in [0, 0.05) is 38.2 Å². The van der Waals surface area contributed by atoms with Crippen molar-refractivity contribution in [3.05, 3.63) is 65.2 Å². The maximum absolute atomic E-state index is 11.9. The molecule has 0 saturated heterocycles. The molecule has 0 aliphatic carbocycles. The minimum Gasteiger partial charge on any atom is -0.356 e. The van der Waals surface area contributed by atoms with Crippen LogP contribution in [0.25, 0.3) is 0 Å². The van der Waals surface area contributed by atoms with Crippen LogP contribution in [0, 0.1) is 6.92 Å². The highest BCUT2D eigenvalue weighted by molar-refractivity contribution is 14.0. The van der Waals surface area contributed by atoms with E-state index in [1.807, 2.05) is 18.2 Å². The second kappa shape index (κ2) is 10.3. The van der Waals surface area contributed by atoms with E-state index in [1.54, 1.807) is 7.05 Å². The van der Waals surface area contributed by atoms with E-state index in [2.05, 4.69) is 58.2 Å². The number of carbonyl (C=O) groups excluding carboxylic acids is 1. The zero-order valence-electron chi connectivity index (χ0n) is 15.8. The smallest absolute Gasteiger partial charge is 0.225 e. The van der Waals surface area contributed by atoms with E-state index >= 15 is 0 Å². The van der Waals surface area contributed by atoms with Gasteiger partial charge in [0.1, 0.15) is 0 Å². The Balaban J connectivity index is 0.00000261. The van der Waals surface area contributed by atoms with Gasteiger partial charge in [0.2, 0.25) is 5.91 Å². The molecule has 3 N–H and O–H groups in total. The third kappa shape index (κ3) is 5.69. The summed E-state index contributed by atoms with van der Waals surface area (Å²) in [6, 6.07) is 16.4. The topological polar surface area (TPSA) is 65.5 Å². The maximum atomic E-state index is 11.9. The number of benzene rings is 2. The molecule has 1 heterocycles. The Hall–Kier alpha value is -2.09. The Morgan fingerprint density at radius 3 is 2.67 bits per heavy atom. The molecule has 0 radical (unpaired) electrons. The molecule has 1 atom stereocenters. The normalized spacial score (nSPS) is 16.0. The lowest BCUT2D eigenvalue weighted by Gasteiger charge is -2.26. The Morgan fingerprint density at radius 1 is 1.15 bits per heavy atom. The van der Waals surface area contributed by atoms with Crippen LogP contribution >= 0.6 is 24.0 Å². The average molecular weight is 478 g/mol. The third-order valence-electron chi connectivity index (χ3n) is 4.79. The summed E-state index contributed by atoms with van der Waals surface area (Å²) in [5.74, 6) is 0.981. The number of aryl methyl sites for hydroxylation is 1. The van der Waals surface area contributed by atoms with Crippen LogP contribution in [0.1, 0.15) is 29.0 Å². The second-order valence-electron chi connectivity index (χ2n) is 6.59. The summed E-state index contributed by atoms with van der Waals surface area (Å²) >= 11 is 0. The van der Waals surface area contributed by atoms with E-state index in [0.29, 0.717) is 13.0 Å². The molecule has 0 spiro atoms. The first-order valence-electron chi connectivity index (χ1n) is 9.05. The number of aliphatic imine (C=N–C) groups is 1. The number of hydrogen-bond donors (Lipinski definition) is 3. The van der Waals surface area contributed by atoms with Gasteiger partial charge in [-0.05, 0) is 36.1 Å². The van der Waals surface area contributed by atoms with E-state index in [4.69, 9.17) is 0 Å². The number of nitrogens with zero attached hydrogens (tertiary/aromatic N) is 1. The summed E-state index contributed by atoms with van der Waals surface area (Å²) in [4.78, 5) is 16.2. The van der Waals surface area contributed by atoms with Crippen LogP contribution in [0.4, 0.5) is 5.69 Å². The van der Waals surface area contributed by atoms with Crippen LogP contribution < -0.4 is 16.0 Å². The van der Waals surface area contributed by atoms with Gasteiger partial charge in [-0.3, -0.25) is 9.79 Å². The number of anilines is 1. The van der Waals surface area contributed by atoms with E-state index in [9.17, 15) is 4.79 Å². The minimum absolute atomic E-state index is 0. The van der Waals surface area contributed by atoms with Crippen molar-refractivity contribution in [1.29, 1.82) is 0 Å². The molecular formula is C21H27IN4O. The molecule has 0 fully saturated rings. The standard InChI is InChI=1S/C21H26N4O.HI/c1-15-7-3-4-8-16(15)11-12-23-21(22-2)24-14-17-13-20(26)25-19-10-6-5-9-18(17)19;/h3-10,17H,11-14H2,1-2H3,(H,25,26)(H2,22,23,24);1H. The molecule has 0 saturated carbocycles. The Morgan fingerprint density at radius 2 is 1.89 bits per heavy atom. The van der Waals surface area contributed by atoms with Gasteiger partial charge in [-0.1, -0.05) is 42.5 Å². The van der Waals surface area contributed by atoms with Gasteiger partial charge < -0.3 is 16.0 Å². The molecule has 3 rings (SSSR count). The van der Waals surface area contributed by atoms with Crippen LogP contribution in [-0.2, 0) is 11.2 Å². The monoisotopic (exact) mass is 478 g/mol. The van der Waals surface area contributed by atoms with Crippen molar-refractivity contribution in [3.8, 4) is 0 Å². The molecule has 0 aromatic heterocycles. The van der Waals surface area contributed by atoms with Crippen molar-refractivity contribution in [1.82, 2.24) is 10.6 Å². The molecule has 1 amide bonds. The van der Waals surface area contributed by atoms with Crippen molar-refractivity contribution >= 4 is 41.5 Å². The van der Waals surface area contributed by atoms with Crippen LogP contribution in [-0.4, -0.2) is 32.0 Å². The molecular weight excluding hydrogens is 451 g/mol. The van der Waals surface area contributed by atoms with Gasteiger partial charge in [0.05, 0.1) is 0 Å². The lowest BCUT2D eigenvalue weighted by Crippen LogP contribution is -2.41. The largest absolute Gasteiger partial charge is 0.356 e. The summed E-state index contributed by atoms with van der Waals surface area (Å²) in [5, 5.41) is 9.66. The van der Waals surface area contributed by atoms with Crippen LogP contribution in [0.3, 0.4) is 0 Å². The van der Waals surface area contributed by atoms with Crippen LogP contribution in [0.5, 0.6) is 0 Å². The van der Waals surface area contributed by atoms with E-state index in [1.165, 1.54) is 16.7 Å². The lowest BCUT2D eigenvalue weighted by molar-refractivity contribution is -0.116. The van der Waals surface area contributed by atoms with Crippen molar-refractivity contribution in [2.45, 2.75) is 25.7 Å². The predicted octanol–water partition coefficient (Wildman–Crippen LogP) is 3.45. The predicted molar refractivity (Wildman–Crippen MR) is 122 cm³/mol. The Bertz CT molecular complexity index is 806. The van der Waals surface area contributed by atoms with E-state index in [-0.39, 0.29) is 35.8 Å². The number of guanidine groups is 1. The van der Waals surface area contributed by atoms with E-state index < -0.39 is 0 Å². The fraction of sp³-hybridized carbons (Fsp3) is 0.333. The highest BCUT2D eigenvalue weighted by Crippen LogP contribution is 2.31. The molecule has 1 unspecified atom stereocenters. The highest BCUT2D eigenvalue weighted by Gasteiger charge is 2.24. The molecule has 27 heavy (non-hydrogen) atoms. The number of rotatable bonds is 5. The number of hydrogen-bond acceptors (Lipinski definition) is 2. The Labute approximate surface area is 178 Å². The number of carbonyl (C=O) groups is 1. The fourth-order valence-electron chi connectivity index (χ4n) is 3.33. The number of halogens is 1. The average Bonchev–Trinajstić information content (AvgIpc) is 2.65. The summed E-state index contributed by atoms with van der Waals surface area (Å²) < 4.78 is 0. The van der Waals surface area contributed by atoms with Gasteiger partial charge in [-0.25, -0.2) is 0 Å². The summed E-state index contributed by atoms with van der Waals surface area (Å²) in [5.41, 5.74) is 4.74. The SMILES string of the molecule is CN=C(NCCc1ccccc1C)NCC1CC(=O)Nc2ccccc21.I. The number of amides is 1. The van der Waals surface area contributed by atoms with Crippen molar-refractivity contribution in [2.24, 2.45) is 4.99 Å². The fourth-order valence-corrected chi connectivity index (χ4v) is 3.33. The van der Waals surface area contributed by atoms with Gasteiger partial charge in [-0.2, -0.15) is 0 Å². The first-order chi connectivity index (χ1) is 12.7. The first kappa shape index (κ1) is 21.2. The molecule has 144 valence electrons. The van der Waals surface area contributed by atoms with Gasteiger partial charge in [0.25, 0.3) is 0 Å². The van der Waals surface area contributed by atoms with Gasteiger partial charge in [0.15, 0.2) is 5.96 Å². The zero-order valence-corrected chi connectivity index (χ0v) is 18.1. The highest BCUT2D eigenvalue weighted by atomic mass is 127. The van der Waals surface area contributed by atoms with Crippen molar-refractivity contribution in [2.75, 3.05) is 25.5 Å². The third-order valence-corrected chi connectivity index (χ3v) is 4.79. The number of nitrogens with one attached hydrogen (secondary N) is 3. The van der Waals surface area contributed by atoms with E-state index in [0.717, 1.165) is 24.6 Å². The van der Waals surface area contributed by atoms with Crippen LogP contribution in [0.2, 0.25) is 0 Å². The summed E-state index contributed by atoms with van der Waals surface area (Å²) in [6.07, 6.45) is 1.44.